The summed E-state index contributed by atoms with van der Waals surface area (Å²) in [6.45, 7) is 0.541. The number of fused-ring (bicyclic) bond motifs is 2. The first-order valence-corrected chi connectivity index (χ1v) is 12.4. The van der Waals surface area contributed by atoms with Crippen molar-refractivity contribution in [3.63, 3.8) is 0 Å². The van der Waals surface area contributed by atoms with Gasteiger partial charge < -0.3 is 25.8 Å². The summed E-state index contributed by atoms with van der Waals surface area (Å²) < 4.78 is 5.15. The van der Waals surface area contributed by atoms with E-state index in [-0.39, 0.29) is 24.4 Å². The molecule has 1 aliphatic heterocycles. The molecule has 3 aromatic rings. The lowest BCUT2D eigenvalue weighted by atomic mass is 9.81. The zero-order valence-electron chi connectivity index (χ0n) is 19.6. The van der Waals surface area contributed by atoms with Crippen LogP contribution in [0.4, 0.5) is 11.5 Å². The molecule has 1 fully saturated rings. The van der Waals surface area contributed by atoms with Crippen molar-refractivity contribution in [2.75, 3.05) is 23.5 Å². The van der Waals surface area contributed by atoms with Crippen molar-refractivity contribution in [2.45, 2.75) is 48.8 Å². The number of nitrogens with zero attached hydrogens (tertiary/aromatic N) is 3. The summed E-state index contributed by atoms with van der Waals surface area (Å²) in [5.74, 6) is 0.875. The molecule has 36 heavy (non-hydrogen) atoms. The summed E-state index contributed by atoms with van der Waals surface area (Å²) in [5, 5.41) is 20.2. The first kappa shape index (κ1) is 26.1. The van der Waals surface area contributed by atoms with E-state index in [2.05, 4.69) is 30.9 Å². The Balaban J connectivity index is 0.00000304. The smallest absolute Gasteiger partial charge is 0.256 e. The molecule has 12 heteroatoms. The maximum Gasteiger partial charge on any atom is 0.256 e. The van der Waals surface area contributed by atoms with E-state index in [4.69, 9.17) is 4.74 Å². The summed E-state index contributed by atoms with van der Waals surface area (Å²) in [6.07, 6.45) is 3.47. The number of aromatic nitrogens is 3. The fraction of sp³-hybridized carbons (Fsp3) is 0.375. The van der Waals surface area contributed by atoms with Crippen LogP contribution < -0.4 is 20.7 Å². The van der Waals surface area contributed by atoms with Crippen LogP contribution in [0.25, 0.3) is 11.0 Å². The van der Waals surface area contributed by atoms with Gasteiger partial charge in [0.1, 0.15) is 16.9 Å². The van der Waals surface area contributed by atoms with Gasteiger partial charge in [-0.15, -0.1) is 24.2 Å². The van der Waals surface area contributed by atoms with E-state index in [0.717, 1.165) is 10.6 Å². The van der Waals surface area contributed by atoms with Crippen molar-refractivity contribution in [1.29, 1.82) is 0 Å². The number of methoxy groups -OCH3 is 1. The number of hydrogen-bond acceptors (Lipinski definition) is 9. The summed E-state index contributed by atoms with van der Waals surface area (Å²) in [4.78, 5) is 38.8. The lowest BCUT2D eigenvalue weighted by molar-refractivity contribution is -0.137. The molecule has 1 aromatic carbocycles. The van der Waals surface area contributed by atoms with Gasteiger partial charge in [0.05, 0.1) is 40.9 Å². The second-order valence-electron chi connectivity index (χ2n) is 8.71. The highest BCUT2D eigenvalue weighted by molar-refractivity contribution is 8.00. The molecular formula is C24H27ClN6O4S. The number of nitrogens with one attached hydrogen (secondary N) is 3. The molecule has 2 aromatic heterocycles. The van der Waals surface area contributed by atoms with Crippen molar-refractivity contribution < 1.29 is 19.4 Å². The second kappa shape index (κ2) is 11.0. The van der Waals surface area contributed by atoms with E-state index in [1.54, 1.807) is 18.2 Å². The standard InChI is InChI=1S/C24H26N6O4S.ClH/c1-34-20-12-26-16-3-2-4-17(21(16)30-20)28-23(32)24(33)9-7-14(8-10-24)25-11-15-5-6-18-22(27-15)29-19(31)13-35-18;/h2-6,12,14,25,33H,7-11,13H2,1H3,(H,28,32)(H,27,29,31);1H/t14-,24+;. The van der Waals surface area contributed by atoms with Crippen LogP contribution in [0.5, 0.6) is 5.88 Å². The Bertz CT molecular complexity index is 1280. The molecule has 0 radical (unpaired) electrons. The van der Waals surface area contributed by atoms with E-state index in [1.807, 2.05) is 12.1 Å². The van der Waals surface area contributed by atoms with Gasteiger partial charge in [-0.3, -0.25) is 9.59 Å². The first-order valence-electron chi connectivity index (χ1n) is 11.4. The van der Waals surface area contributed by atoms with Gasteiger partial charge in [-0.1, -0.05) is 6.07 Å². The topological polar surface area (TPSA) is 138 Å². The Kier molecular flexibility index (Phi) is 7.94. The SMILES string of the molecule is COc1cnc2cccc(NC(=O)[C@]3(O)CC[C@@H](NCc4ccc5c(n4)NC(=O)CS5)CC3)c2n1.Cl. The molecule has 3 heterocycles. The highest BCUT2D eigenvalue weighted by Crippen LogP contribution is 2.32. The Morgan fingerprint density at radius 3 is 2.83 bits per heavy atom. The lowest BCUT2D eigenvalue weighted by Gasteiger charge is -2.35. The van der Waals surface area contributed by atoms with Crippen LogP contribution in [0.2, 0.25) is 0 Å². The quantitative estimate of drug-likeness (QED) is 0.379. The van der Waals surface area contributed by atoms with Gasteiger partial charge >= 0.3 is 0 Å². The number of anilines is 2. The minimum atomic E-state index is -1.46. The molecule has 2 amide bonds. The minimum absolute atomic E-state index is 0. The average Bonchev–Trinajstić information content (AvgIpc) is 2.88. The molecule has 190 valence electrons. The summed E-state index contributed by atoms with van der Waals surface area (Å²) in [5.41, 5.74) is 0.982. The highest BCUT2D eigenvalue weighted by atomic mass is 35.5. The van der Waals surface area contributed by atoms with Gasteiger partial charge in [-0.25, -0.2) is 15.0 Å². The van der Waals surface area contributed by atoms with Crippen LogP contribution >= 0.6 is 24.2 Å². The highest BCUT2D eigenvalue weighted by Gasteiger charge is 2.40. The predicted octanol–water partition coefficient (Wildman–Crippen LogP) is 2.90. The zero-order chi connectivity index (χ0) is 24.4. The fourth-order valence-electron chi connectivity index (χ4n) is 4.33. The van der Waals surface area contributed by atoms with Crippen molar-refractivity contribution in [3.8, 4) is 5.88 Å². The number of thioether (sulfide) groups is 1. The summed E-state index contributed by atoms with van der Waals surface area (Å²) in [6, 6.07) is 9.39. The Labute approximate surface area is 218 Å². The van der Waals surface area contributed by atoms with Gasteiger partial charge in [0, 0.05) is 12.6 Å². The van der Waals surface area contributed by atoms with Crippen molar-refractivity contribution in [1.82, 2.24) is 20.3 Å². The number of carbonyl (C=O) groups excluding carboxylic acids is 2. The first-order chi connectivity index (χ1) is 16.9. The number of benzene rings is 1. The molecule has 1 saturated carbocycles. The largest absolute Gasteiger partial charge is 0.480 e. The predicted molar refractivity (Wildman–Crippen MR) is 140 cm³/mol. The molecule has 5 rings (SSSR count). The molecule has 4 N–H and O–H groups in total. The van der Waals surface area contributed by atoms with Crippen LogP contribution in [-0.4, -0.2) is 56.4 Å². The number of aliphatic hydroxyl groups is 1. The Morgan fingerprint density at radius 2 is 2.06 bits per heavy atom. The number of halogens is 1. The number of pyridine rings is 1. The van der Waals surface area contributed by atoms with Crippen molar-refractivity contribution >= 4 is 58.5 Å². The number of para-hydroxylation sites is 1. The fourth-order valence-corrected chi connectivity index (χ4v) is 5.09. The van der Waals surface area contributed by atoms with Crippen LogP contribution in [0.1, 0.15) is 31.4 Å². The number of hydrogen-bond donors (Lipinski definition) is 4. The third-order valence-electron chi connectivity index (χ3n) is 6.35. The molecule has 2 aliphatic rings. The third-order valence-corrected chi connectivity index (χ3v) is 7.39. The monoisotopic (exact) mass is 530 g/mol. The molecule has 1 aliphatic carbocycles. The van der Waals surface area contributed by atoms with Crippen LogP contribution in [0, 0.1) is 0 Å². The third kappa shape index (κ3) is 5.54. The molecule has 0 bridgehead atoms. The normalized spacial score (nSPS) is 21.2. The van der Waals surface area contributed by atoms with Crippen molar-refractivity contribution in [3.05, 3.63) is 42.2 Å². The maximum absolute atomic E-state index is 13.0. The Hall–Kier alpha value is -2.99. The van der Waals surface area contributed by atoms with Gasteiger partial charge in [-0.05, 0) is 49.9 Å². The number of amides is 2. The van der Waals surface area contributed by atoms with Gasteiger partial charge in [0.15, 0.2) is 0 Å². The van der Waals surface area contributed by atoms with E-state index in [9.17, 15) is 14.7 Å². The van der Waals surface area contributed by atoms with Gasteiger partial charge in [-0.2, -0.15) is 0 Å². The van der Waals surface area contributed by atoms with Gasteiger partial charge in [0.2, 0.25) is 11.8 Å². The molecule has 0 atom stereocenters. The number of ether oxygens (including phenoxy) is 1. The van der Waals surface area contributed by atoms with E-state index in [0.29, 0.717) is 66.4 Å². The van der Waals surface area contributed by atoms with Gasteiger partial charge in [0.25, 0.3) is 5.91 Å². The van der Waals surface area contributed by atoms with Crippen LogP contribution in [-0.2, 0) is 16.1 Å². The minimum Gasteiger partial charge on any atom is -0.480 e. The number of rotatable bonds is 6. The van der Waals surface area contributed by atoms with E-state index < -0.39 is 11.5 Å². The van der Waals surface area contributed by atoms with Crippen molar-refractivity contribution in [2.24, 2.45) is 0 Å². The Morgan fingerprint density at radius 1 is 1.25 bits per heavy atom. The maximum atomic E-state index is 13.0. The average molecular weight is 531 g/mol. The van der Waals surface area contributed by atoms with E-state index >= 15 is 0 Å². The molecular weight excluding hydrogens is 504 g/mol. The molecule has 0 unspecified atom stereocenters. The lowest BCUT2D eigenvalue weighted by Crippen LogP contribution is -2.48. The summed E-state index contributed by atoms with van der Waals surface area (Å²) in [7, 11) is 1.50. The molecule has 0 saturated heterocycles. The summed E-state index contributed by atoms with van der Waals surface area (Å²) >= 11 is 1.48. The zero-order valence-corrected chi connectivity index (χ0v) is 21.2. The van der Waals surface area contributed by atoms with Crippen LogP contribution in [0.15, 0.2) is 41.4 Å². The number of carbonyl (C=O) groups is 2. The molecule has 0 spiro atoms. The van der Waals surface area contributed by atoms with Crippen LogP contribution in [0.3, 0.4) is 0 Å². The molecule has 10 nitrogen and oxygen atoms in total. The van der Waals surface area contributed by atoms with E-state index in [1.165, 1.54) is 25.1 Å². The second-order valence-corrected chi connectivity index (χ2v) is 9.73.